The standard InChI is InChI=1S/C24H20FNO4/c1-26-13-24(14-29-20-12-22-21(11-17(20)24)27-9-10-28-22)23-18(26)3-2-4-19(23)30-16-7-5-15(25)6-8-16/h2-8,11-12H,9-10,13-14H2,1H3. The van der Waals surface area contributed by atoms with Crippen molar-refractivity contribution in [2.45, 2.75) is 5.41 Å². The van der Waals surface area contributed by atoms with Gasteiger partial charge in [-0.1, -0.05) is 6.07 Å². The maximum Gasteiger partial charge on any atom is 0.165 e. The fraction of sp³-hybridized carbons (Fsp3) is 0.250. The van der Waals surface area contributed by atoms with E-state index in [-0.39, 0.29) is 11.2 Å². The van der Waals surface area contributed by atoms with Crippen LogP contribution >= 0.6 is 0 Å². The molecule has 30 heavy (non-hydrogen) atoms. The minimum absolute atomic E-state index is 0.290. The van der Waals surface area contributed by atoms with E-state index in [0.717, 1.165) is 46.4 Å². The average molecular weight is 405 g/mol. The Balaban J connectivity index is 1.50. The summed E-state index contributed by atoms with van der Waals surface area (Å²) in [4.78, 5) is 2.22. The average Bonchev–Trinajstić information content (AvgIpc) is 3.26. The summed E-state index contributed by atoms with van der Waals surface area (Å²) < 4.78 is 37.3. The molecule has 3 aromatic carbocycles. The second-order valence-corrected chi connectivity index (χ2v) is 7.93. The Labute approximate surface area is 173 Å². The van der Waals surface area contributed by atoms with E-state index in [1.807, 2.05) is 18.2 Å². The molecule has 0 N–H and O–H groups in total. The predicted octanol–water partition coefficient (Wildman–Crippen LogP) is 4.52. The fourth-order valence-electron chi connectivity index (χ4n) is 4.78. The topological polar surface area (TPSA) is 40.2 Å². The number of hydrogen-bond acceptors (Lipinski definition) is 5. The molecule has 6 heteroatoms. The van der Waals surface area contributed by atoms with Gasteiger partial charge >= 0.3 is 0 Å². The minimum Gasteiger partial charge on any atom is -0.492 e. The van der Waals surface area contributed by atoms with Gasteiger partial charge < -0.3 is 23.8 Å². The van der Waals surface area contributed by atoms with E-state index in [1.165, 1.54) is 12.1 Å². The van der Waals surface area contributed by atoms with Gasteiger partial charge in [-0.15, -0.1) is 0 Å². The molecule has 0 aliphatic carbocycles. The first-order valence-corrected chi connectivity index (χ1v) is 9.99. The molecule has 0 saturated heterocycles. The maximum atomic E-state index is 13.3. The lowest BCUT2D eigenvalue weighted by Gasteiger charge is -2.26. The zero-order chi connectivity index (χ0) is 20.3. The minimum atomic E-state index is -0.383. The summed E-state index contributed by atoms with van der Waals surface area (Å²) >= 11 is 0. The highest BCUT2D eigenvalue weighted by atomic mass is 19.1. The van der Waals surface area contributed by atoms with E-state index in [9.17, 15) is 4.39 Å². The first-order chi connectivity index (χ1) is 14.6. The highest BCUT2D eigenvalue weighted by Crippen LogP contribution is 2.56. The molecule has 152 valence electrons. The molecule has 0 aromatic heterocycles. The van der Waals surface area contributed by atoms with Crippen LogP contribution in [-0.2, 0) is 5.41 Å². The molecule has 3 heterocycles. The molecule has 6 rings (SSSR count). The van der Waals surface area contributed by atoms with Crippen LogP contribution in [0.15, 0.2) is 54.6 Å². The molecule has 3 aliphatic heterocycles. The van der Waals surface area contributed by atoms with Gasteiger partial charge in [0.2, 0.25) is 0 Å². The van der Waals surface area contributed by atoms with E-state index in [4.69, 9.17) is 18.9 Å². The monoisotopic (exact) mass is 405 g/mol. The number of ether oxygens (including phenoxy) is 4. The van der Waals surface area contributed by atoms with Crippen LogP contribution in [0.4, 0.5) is 10.1 Å². The highest BCUT2D eigenvalue weighted by Gasteiger charge is 2.51. The number of fused-ring (bicyclic) bond motifs is 5. The third kappa shape index (κ3) is 2.46. The van der Waals surface area contributed by atoms with Crippen LogP contribution in [0, 0.1) is 5.82 Å². The molecular formula is C24H20FNO4. The lowest BCUT2D eigenvalue weighted by Crippen LogP contribution is -2.34. The Kier molecular flexibility index (Phi) is 3.66. The Bertz CT molecular complexity index is 1150. The summed E-state index contributed by atoms with van der Waals surface area (Å²) in [5.41, 5.74) is 2.87. The van der Waals surface area contributed by atoms with Crippen molar-refractivity contribution >= 4 is 5.69 Å². The molecule has 3 aliphatic rings. The van der Waals surface area contributed by atoms with Gasteiger partial charge in [0.05, 0.1) is 5.41 Å². The van der Waals surface area contributed by atoms with Gasteiger partial charge in [0, 0.05) is 36.5 Å². The first-order valence-electron chi connectivity index (χ1n) is 9.99. The molecule has 3 aromatic rings. The fourth-order valence-corrected chi connectivity index (χ4v) is 4.78. The zero-order valence-corrected chi connectivity index (χ0v) is 16.5. The van der Waals surface area contributed by atoms with Crippen LogP contribution in [0.2, 0.25) is 0 Å². The number of nitrogens with zero attached hydrogens (tertiary/aromatic N) is 1. The third-order valence-corrected chi connectivity index (χ3v) is 6.08. The number of rotatable bonds is 2. The van der Waals surface area contributed by atoms with Crippen LogP contribution in [-0.4, -0.2) is 33.4 Å². The molecule has 1 spiro atoms. The van der Waals surface area contributed by atoms with Crippen LogP contribution in [0.1, 0.15) is 11.1 Å². The number of likely N-dealkylation sites (N-methyl/N-ethyl adjacent to an activating group) is 1. The van der Waals surface area contributed by atoms with Crippen molar-refractivity contribution < 1.29 is 23.3 Å². The summed E-state index contributed by atoms with van der Waals surface area (Å²) in [6, 6.07) is 16.1. The van der Waals surface area contributed by atoms with Crippen molar-refractivity contribution in [1.82, 2.24) is 0 Å². The molecule has 5 nitrogen and oxygen atoms in total. The van der Waals surface area contributed by atoms with Crippen LogP contribution in [0.5, 0.6) is 28.7 Å². The number of hydrogen-bond donors (Lipinski definition) is 0. The lowest BCUT2D eigenvalue weighted by molar-refractivity contribution is 0.171. The molecule has 0 saturated carbocycles. The highest BCUT2D eigenvalue weighted by molar-refractivity contribution is 5.74. The van der Waals surface area contributed by atoms with Gasteiger partial charge in [0.1, 0.15) is 42.9 Å². The lowest BCUT2D eigenvalue weighted by atomic mass is 9.77. The Hall–Kier alpha value is -3.41. The summed E-state index contributed by atoms with van der Waals surface area (Å²) in [5, 5.41) is 0. The molecule has 1 atom stereocenters. The van der Waals surface area contributed by atoms with Gasteiger partial charge in [-0.3, -0.25) is 0 Å². The second-order valence-electron chi connectivity index (χ2n) is 7.93. The van der Waals surface area contributed by atoms with Crippen molar-refractivity contribution in [2.24, 2.45) is 0 Å². The number of benzene rings is 3. The molecule has 0 fully saturated rings. The predicted molar refractivity (Wildman–Crippen MR) is 110 cm³/mol. The van der Waals surface area contributed by atoms with Crippen LogP contribution in [0.25, 0.3) is 0 Å². The van der Waals surface area contributed by atoms with Gasteiger partial charge in [-0.25, -0.2) is 4.39 Å². The molecular weight excluding hydrogens is 385 g/mol. The van der Waals surface area contributed by atoms with Crippen molar-refractivity contribution in [3.8, 4) is 28.7 Å². The second kappa shape index (κ2) is 6.29. The van der Waals surface area contributed by atoms with E-state index >= 15 is 0 Å². The number of anilines is 1. The Morgan fingerprint density at radius 2 is 1.70 bits per heavy atom. The van der Waals surface area contributed by atoms with E-state index in [1.54, 1.807) is 12.1 Å². The largest absolute Gasteiger partial charge is 0.492 e. The quantitative estimate of drug-likeness (QED) is 0.627. The summed E-state index contributed by atoms with van der Waals surface area (Å²) in [6.07, 6.45) is 0. The normalized spacial score (nSPS) is 20.7. The van der Waals surface area contributed by atoms with E-state index < -0.39 is 0 Å². The summed E-state index contributed by atoms with van der Waals surface area (Å²) in [5.74, 6) is 3.34. The third-order valence-electron chi connectivity index (χ3n) is 6.08. The van der Waals surface area contributed by atoms with Crippen LogP contribution < -0.4 is 23.8 Å². The molecule has 1 unspecified atom stereocenters. The smallest absolute Gasteiger partial charge is 0.165 e. The molecule has 0 radical (unpaired) electrons. The zero-order valence-electron chi connectivity index (χ0n) is 16.5. The summed E-state index contributed by atoms with van der Waals surface area (Å²) in [7, 11) is 2.07. The summed E-state index contributed by atoms with van der Waals surface area (Å²) in [6.45, 7) is 2.35. The first kappa shape index (κ1) is 17.4. The molecule has 0 bridgehead atoms. The van der Waals surface area contributed by atoms with Gasteiger partial charge in [-0.2, -0.15) is 0 Å². The van der Waals surface area contributed by atoms with Crippen molar-refractivity contribution in [1.29, 1.82) is 0 Å². The van der Waals surface area contributed by atoms with Gasteiger partial charge in [0.15, 0.2) is 11.5 Å². The van der Waals surface area contributed by atoms with Crippen LogP contribution in [0.3, 0.4) is 0 Å². The van der Waals surface area contributed by atoms with Gasteiger partial charge in [-0.05, 0) is 42.5 Å². The number of halogens is 1. The SMILES string of the molecule is CN1CC2(COc3cc4c(cc32)OCCO4)c2c(Oc3ccc(F)cc3)cccc21. The van der Waals surface area contributed by atoms with Gasteiger partial charge in [0.25, 0.3) is 0 Å². The van der Waals surface area contributed by atoms with E-state index in [0.29, 0.717) is 25.6 Å². The van der Waals surface area contributed by atoms with Crippen molar-refractivity contribution in [3.05, 3.63) is 71.5 Å². The Morgan fingerprint density at radius 3 is 2.50 bits per heavy atom. The maximum absolute atomic E-state index is 13.3. The van der Waals surface area contributed by atoms with Crippen molar-refractivity contribution in [2.75, 3.05) is 38.3 Å². The van der Waals surface area contributed by atoms with E-state index in [2.05, 4.69) is 24.1 Å². The Morgan fingerprint density at radius 1 is 0.933 bits per heavy atom. The van der Waals surface area contributed by atoms with Crippen molar-refractivity contribution in [3.63, 3.8) is 0 Å². The molecule has 0 amide bonds.